The third-order valence-electron chi connectivity index (χ3n) is 1.79. The standard InChI is InChI=1S/C8H13N3O3S/c1-6(4-12)5-15-8-7(11(13)14)3-10(2)9-8/h3,6,12H,4-5H2,1-2H3. The van der Waals surface area contributed by atoms with Gasteiger partial charge < -0.3 is 5.11 Å². The monoisotopic (exact) mass is 231 g/mol. The molecule has 0 fully saturated rings. The molecule has 1 N–H and O–H groups in total. The summed E-state index contributed by atoms with van der Waals surface area (Å²) in [6, 6.07) is 0. The lowest BCUT2D eigenvalue weighted by molar-refractivity contribution is -0.387. The minimum absolute atomic E-state index is 0.0210. The number of rotatable bonds is 5. The molecule has 0 saturated carbocycles. The molecule has 0 saturated heterocycles. The van der Waals surface area contributed by atoms with Crippen LogP contribution in [-0.2, 0) is 7.05 Å². The largest absolute Gasteiger partial charge is 0.396 e. The summed E-state index contributed by atoms with van der Waals surface area (Å²) in [6.07, 6.45) is 1.38. The highest BCUT2D eigenvalue weighted by Gasteiger charge is 2.19. The van der Waals surface area contributed by atoms with Crippen molar-refractivity contribution in [2.24, 2.45) is 13.0 Å². The molecule has 0 aliphatic carbocycles. The Bertz CT molecular complexity index is 353. The van der Waals surface area contributed by atoms with Gasteiger partial charge in [-0.05, 0) is 5.92 Å². The fourth-order valence-corrected chi connectivity index (χ4v) is 1.97. The van der Waals surface area contributed by atoms with Gasteiger partial charge in [-0.2, -0.15) is 5.10 Å². The van der Waals surface area contributed by atoms with Crippen LogP contribution in [0.1, 0.15) is 6.92 Å². The van der Waals surface area contributed by atoms with Crippen LogP contribution < -0.4 is 0 Å². The van der Waals surface area contributed by atoms with Crippen LogP contribution in [-0.4, -0.2) is 32.2 Å². The lowest BCUT2D eigenvalue weighted by Gasteiger charge is -2.04. The minimum Gasteiger partial charge on any atom is -0.396 e. The number of aliphatic hydroxyl groups is 1. The number of aryl methyl sites for hydroxylation is 1. The molecule has 1 unspecified atom stereocenters. The fraction of sp³-hybridized carbons (Fsp3) is 0.625. The van der Waals surface area contributed by atoms with Gasteiger partial charge in [-0.15, -0.1) is 0 Å². The molecule has 0 aliphatic rings. The number of hydrogen-bond acceptors (Lipinski definition) is 5. The summed E-state index contributed by atoms with van der Waals surface area (Å²) in [4.78, 5) is 10.2. The molecule has 7 heteroatoms. The summed E-state index contributed by atoms with van der Waals surface area (Å²) in [7, 11) is 1.65. The van der Waals surface area contributed by atoms with Gasteiger partial charge in [0.05, 0.1) is 4.92 Å². The van der Waals surface area contributed by atoms with Gasteiger partial charge >= 0.3 is 5.69 Å². The van der Waals surface area contributed by atoms with Crippen molar-refractivity contribution < 1.29 is 10.0 Å². The van der Waals surface area contributed by atoms with Crippen molar-refractivity contribution in [3.05, 3.63) is 16.3 Å². The first-order valence-electron chi connectivity index (χ1n) is 4.46. The first-order chi connectivity index (χ1) is 7.04. The van der Waals surface area contributed by atoms with Gasteiger partial charge in [0.2, 0.25) is 0 Å². The van der Waals surface area contributed by atoms with E-state index in [-0.39, 0.29) is 18.2 Å². The van der Waals surface area contributed by atoms with Crippen molar-refractivity contribution in [3.8, 4) is 0 Å². The van der Waals surface area contributed by atoms with Crippen molar-refractivity contribution in [2.45, 2.75) is 11.9 Å². The molecule has 1 aromatic rings. The summed E-state index contributed by atoms with van der Waals surface area (Å²) in [5.41, 5.74) is 0.0210. The van der Waals surface area contributed by atoms with Gasteiger partial charge in [0.1, 0.15) is 6.20 Å². The van der Waals surface area contributed by atoms with Crippen LogP contribution in [0.15, 0.2) is 11.2 Å². The third kappa shape index (κ3) is 3.21. The van der Waals surface area contributed by atoms with Crippen LogP contribution >= 0.6 is 11.8 Å². The van der Waals surface area contributed by atoms with Crippen molar-refractivity contribution in [2.75, 3.05) is 12.4 Å². The maximum atomic E-state index is 10.6. The first-order valence-corrected chi connectivity index (χ1v) is 5.44. The van der Waals surface area contributed by atoms with Gasteiger partial charge in [-0.25, -0.2) is 0 Å². The zero-order valence-electron chi connectivity index (χ0n) is 8.58. The number of aromatic nitrogens is 2. The number of nitro groups is 1. The molecule has 1 aromatic heterocycles. The van der Waals surface area contributed by atoms with Gasteiger partial charge in [-0.3, -0.25) is 14.8 Å². The number of thioether (sulfide) groups is 1. The zero-order valence-corrected chi connectivity index (χ0v) is 9.40. The maximum Gasteiger partial charge on any atom is 0.320 e. The molecular formula is C8H13N3O3S. The molecule has 0 radical (unpaired) electrons. The van der Waals surface area contributed by atoms with E-state index in [0.29, 0.717) is 10.8 Å². The molecule has 0 amide bonds. The van der Waals surface area contributed by atoms with Crippen LogP contribution in [0.25, 0.3) is 0 Å². The number of hydrogen-bond donors (Lipinski definition) is 1. The Labute approximate surface area is 91.4 Å². The maximum absolute atomic E-state index is 10.6. The SMILES string of the molecule is CC(CO)CSc1nn(C)cc1[N+](=O)[O-]. The predicted molar refractivity (Wildman–Crippen MR) is 56.8 cm³/mol. The highest BCUT2D eigenvalue weighted by Crippen LogP contribution is 2.28. The Kier molecular flexibility index (Phi) is 4.10. The third-order valence-corrected chi connectivity index (χ3v) is 3.09. The smallest absolute Gasteiger partial charge is 0.320 e. The summed E-state index contributed by atoms with van der Waals surface area (Å²) in [5, 5.41) is 23.9. The lowest BCUT2D eigenvalue weighted by atomic mass is 10.2. The Hall–Kier alpha value is -1.08. The Morgan fingerprint density at radius 1 is 1.80 bits per heavy atom. The summed E-state index contributed by atoms with van der Waals surface area (Å²) in [6.45, 7) is 1.95. The van der Waals surface area contributed by atoms with E-state index < -0.39 is 4.92 Å². The van der Waals surface area contributed by atoms with E-state index in [1.165, 1.54) is 22.6 Å². The topological polar surface area (TPSA) is 81.2 Å². The van der Waals surface area contributed by atoms with Crippen molar-refractivity contribution in [1.82, 2.24) is 9.78 Å². The molecule has 0 aliphatic heterocycles. The van der Waals surface area contributed by atoms with E-state index in [1.807, 2.05) is 6.92 Å². The molecule has 1 heterocycles. The van der Waals surface area contributed by atoms with Crippen LogP contribution in [0.4, 0.5) is 5.69 Å². The summed E-state index contributed by atoms with van der Waals surface area (Å²) in [5.74, 6) is 0.727. The summed E-state index contributed by atoms with van der Waals surface area (Å²) >= 11 is 1.30. The van der Waals surface area contributed by atoms with Crippen molar-refractivity contribution >= 4 is 17.4 Å². The van der Waals surface area contributed by atoms with Crippen molar-refractivity contribution in [1.29, 1.82) is 0 Å². The van der Waals surface area contributed by atoms with E-state index in [4.69, 9.17) is 5.11 Å². The second-order valence-corrected chi connectivity index (χ2v) is 4.36. The second kappa shape index (κ2) is 5.13. The van der Waals surface area contributed by atoms with Gasteiger partial charge in [0.25, 0.3) is 0 Å². The summed E-state index contributed by atoms with van der Waals surface area (Å²) < 4.78 is 1.42. The molecule has 1 atom stereocenters. The number of nitrogens with zero attached hydrogens (tertiary/aromatic N) is 3. The van der Waals surface area contributed by atoms with Gasteiger partial charge in [0, 0.05) is 19.4 Å². The molecule has 0 spiro atoms. The number of aliphatic hydroxyl groups excluding tert-OH is 1. The molecule has 0 bridgehead atoms. The molecule has 1 rings (SSSR count). The van der Waals surface area contributed by atoms with E-state index in [9.17, 15) is 10.1 Å². The quantitative estimate of drug-likeness (QED) is 0.465. The van der Waals surface area contributed by atoms with Crippen LogP contribution in [0.2, 0.25) is 0 Å². The lowest BCUT2D eigenvalue weighted by Crippen LogP contribution is -2.03. The fourth-order valence-electron chi connectivity index (χ4n) is 0.957. The van der Waals surface area contributed by atoms with E-state index in [2.05, 4.69) is 5.10 Å². The van der Waals surface area contributed by atoms with E-state index in [0.717, 1.165) is 0 Å². The van der Waals surface area contributed by atoms with E-state index >= 15 is 0 Å². The van der Waals surface area contributed by atoms with E-state index in [1.54, 1.807) is 7.05 Å². The van der Waals surface area contributed by atoms with Crippen LogP contribution in [0.3, 0.4) is 0 Å². The first kappa shape index (κ1) is 12.0. The van der Waals surface area contributed by atoms with Crippen LogP contribution in [0.5, 0.6) is 0 Å². The average molecular weight is 231 g/mol. The Morgan fingerprint density at radius 2 is 2.47 bits per heavy atom. The molecular weight excluding hydrogens is 218 g/mol. The Balaban J connectivity index is 2.71. The second-order valence-electron chi connectivity index (χ2n) is 3.35. The predicted octanol–water partition coefficient (Wildman–Crippen LogP) is 1.05. The Morgan fingerprint density at radius 3 is 3.00 bits per heavy atom. The molecule has 84 valence electrons. The van der Waals surface area contributed by atoms with Gasteiger partial charge in [-0.1, -0.05) is 18.7 Å². The zero-order chi connectivity index (χ0) is 11.4. The average Bonchev–Trinajstić information content (AvgIpc) is 2.56. The normalized spacial score (nSPS) is 12.7. The van der Waals surface area contributed by atoms with Crippen LogP contribution in [0, 0.1) is 16.0 Å². The molecule has 0 aromatic carbocycles. The van der Waals surface area contributed by atoms with Gasteiger partial charge in [0.15, 0.2) is 5.03 Å². The molecule has 6 nitrogen and oxygen atoms in total. The molecule has 15 heavy (non-hydrogen) atoms. The highest BCUT2D eigenvalue weighted by atomic mass is 32.2. The highest BCUT2D eigenvalue weighted by molar-refractivity contribution is 7.99. The minimum atomic E-state index is -0.445. The van der Waals surface area contributed by atoms with Crippen molar-refractivity contribution in [3.63, 3.8) is 0 Å².